The van der Waals surface area contributed by atoms with E-state index < -0.39 is 22.0 Å². The molecule has 3 aromatic rings. The van der Waals surface area contributed by atoms with Crippen LogP contribution in [0.1, 0.15) is 21.6 Å². The van der Waals surface area contributed by atoms with Gasteiger partial charge in [-0.15, -0.1) is 0 Å². The van der Waals surface area contributed by atoms with Crippen molar-refractivity contribution in [1.29, 1.82) is 0 Å². The highest BCUT2D eigenvalue weighted by atomic mass is 35.5. The average molecular weight is 582 g/mol. The smallest absolute Gasteiger partial charge is 0.254 e. The fraction of sp³-hybridized carbons (Fsp3) is 0.320. The van der Waals surface area contributed by atoms with Crippen LogP contribution in [-0.2, 0) is 27.8 Å². The number of benzene rings is 2. The Kier molecular flexibility index (Phi) is 8.71. The maximum atomic E-state index is 13.2. The molecule has 38 heavy (non-hydrogen) atoms. The summed E-state index contributed by atoms with van der Waals surface area (Å²) in [6, 6.07) is 9.55. The first-order chi connectivity index (χ1) is 18.0. The van der Waals surface area contributed by atoms with Crippen LogP contribution in [0, 0.1) is 5.82 Å². The van der Waals surface area contributed by atoms with Crippen molar-refractivity contribution in [2.75, 3.05) is 32.4 Å². The van der Waals surface area contributed by atoms with Gasteiger partial charge < -0.3 is 14.8 Å². The van der Waals surface area contributed by atoms with Gasteiger partial charge in [0, 0.05) is 56.6 Å². The van der Waals surface area contributed by atoms with Gasteiger partial charge in [0.2, 0.25) is 15.9 Å². The van der Waals surface area contributed by atoms with E-state index in [4.69, 9.17) is 23.2 Å². The van der Waals surface area contributed by atoms with Gasteiger partial charge in [-0.05, 0) is 35.9 Å². The Morgan fingerprint density at radius 1 is 1.11 bits per heavy atom. The van der Waals surface area contributed by atoms with Gasteiger partial charge in [0.1, 0.15) is 11.9 Å². The molecule has 2 heterocycles. The number of hydrogen-bond donors (Lipinski definition) is 1. The van der Waals surface area contributed by atoms with Crippen molar-refractivity contribution in [1.82, 2.24) is 24.1 Å². The molecule has 1 N–H and O–H groups in total. The van der Waals surface area contributed by atoms with Crippen LogP contribution in [0.2, 0.25) is 10.0 Å². The van der Waals surface area contributed by atoms with Crippen molar-refractivity contribution in [2.24, 2.45) is 0 Å². The predicted octanol–water partition coefficient (Wildman–Crippen LogP) is 2.82. The molecule has 202 valence electrons. The van der Waals surface area contributed by atoms with Gasteiger partial charge in [-0.25, -0.2) is 17.8 Å². The Labute approximate surface area is 230 Å². The maximum Gasteiger partial charge on any atom is 0.254 e. The lowest BCUT2D eigenvalue weighted by atomic mass is 10.1. The fourth-order valence-electron chi connectivity index (χ4n) is 4.29. The first-order valence-electron chi connectivity index (χ1n) is 11.7. The van der Waals surface area contributed by atoms with E-state index in [1.807, 2.05) is 4.57 Å². The molecule has 0 radical (unpaired) electrons. The standard InChI is InChI=1S/C25H26Cl2FN5O4S/c1-38(36,37)33-11-10-31(25(35)18-4-7-21(26)22(27)12-18)15-23(33)24(34)30-9-8-20-13-29-16-32(20)14-17-2-5-19(28)6-3-17/h2-7,12-13,16,23H,8-11,14-15H2,1H3,(H,30,34). The first-order valence-corrected chi connectivity index (χ1v) is 14.4. The summed E-state index contributed by atoms with van der Waals surface area (Å²) in [7, 11) is -3.70. The molecule has 0 aliphatic carbocycles. The molecule has 1 aromatic heterocycles. The van der Waals surface area contributed by atoms with Crippen molar-refractivity contribution >= 4 is 45.0 Å². The third-order valence-electron chi connectivity index (χ3n) is 6.26. The third-order valence-corrected chi connectivity index (χ3v) is 8.29. The minimum Gasteiger partial charge on any atom is -0.354 e. The molecular formula is C25H26Cl2FN5O4S. The summed E-state index contributed by atoms with van der Waals surface area (Å²) in [6.45, 7) is 0.704. The minimum absolute atomic E-state index is 0.0194. The van der Waals surface area contributed by atoms with Gasteiger partial charge >= 0.3 is 0 Å². The number of nitrogens with one attached hydrogen (secondary N) is 1. The van der Waals surface area contributed by atoms with Crippen LogP contribution >= 0.6 is 23.2 Å². The number of carbonyl (C=O) groups is 2. The molecule has 13 heteroatoms. The van der Waals surface area contributed by atoms with Crippen molar-refractivity contribution in [3.05, 3.63) is 87.7 Å². The zero-order valence-electron chi connectivity index (χ0n) is 20.5. The van der Waals surface area contributed by atoms with Gasteiger partial charge in [0.15, 0.2) is 0 Å². The summed E-state index contributed by atoms with van der Waals surface area (Å²) in [6.07, 6.45) is 4.80. The molecule has 0 bridgehead atoms. The number of piperazine rings is 1. The molecule has 2 amide bonds. The molecule has 1 unspecified atom stereocenters. The Morgan fingerprint density at radius 3 is 2.53 bits per heavy atom. The molecule has 9 nitrogen and oxygen atoms in total. The number of aromatic nitrogens is 2. The lowest BCUT2D eigenvalue weighted by Crippen LogP contribution is -2.61. The lowest BCUT2D eigenvalue weighted by Gasteiger charge is -2.39. The van der Waals surface area contributed by atoms with E-state index in [0.29, 0.717) is 23.6 Å². The molecule has 2 aromatic carbocycles. The number of hydrogen-bond acceptors (Lipinski definition) is 5. The highest BCUT2D eigenvalue weighted by Crippen LogP contribution is 2.24. The molecule has 1 saturated heterocycles. The number of imidazole rings is 1. The van der Waals surface area contributed by atoms with Crippen LogP contribution in [0.5, 0.6) is 0 Å². The second-order valence-corrected chi connectivity index (χ2v) is 11.7. The number of amides is 2. The highest BCUT2D eigenvalue weighted by Gasteiger charge is 2.39. The number of rotatable bonds is 8. The van der Waals surface area contributed by atoms with Crippen LogP contribution in [0.4, 0.5) is 4.39 Å². The molecule has 4 rings (SSSR count). The number of sulfonamides is 1. The van der Waals surface area contributed by atoms with E-state index in [0.717, 1.165) is 21.8 Å². The lowest BCUT2D eigenvalue weighted by molar-refractivity contribution is -0.126. The predicted molar refractivity (Wildman–Crippen MR) is 142 cm³/mol. The topological polar surface area (TPSA) is 105 Å². The Morgan fingerprint density at radius 2 is 1.84 bits per heavy atom. The van der Waals surface area contributed by atoms with Crippen LogP contribution < -0.4 is 5.32 Å². The van der Waals surface area contributed by atoms with Crippen molar-refractivity contribution in [3.8, 4) is 0 Å². The van der Waals surface area contributed by atoms with Crippen molar-refractivity contribution in [2.45, 2.75) is 19.0 Å². The normalized spacial score (nSPS) is 16.4. The molecule has 1 aliphatic rings. The Hall–Kier alpha value is -2.99. The molecule has 0 saturated carbocycles. The Bertz CT molecular complexity index is 1430. The van der Waals surface area contributed by atoms with Crippen molar-refractivity contribution in [3.63, 3.8) is 0 Å². The summed E-state index contributed by atoms with van der Waals surface area (Å²) < 4.78 is 41.0. The second kappa shape index (κ2) is 11.8. The van der Waals surface area contributed by atoms with Crippen LogP contribution in [0.3, 0.4) is 0 Å². The first kappa shape index (κ1) is 28.0. The van der Waals surface area contributed by atoms with Crippen LogP contribution in [-0.4, -0.2) is 77.5 Å². The largest absolute Gasteiger partial charge is 0.354 e. The summed E-state index contributed by atoms with van der Waals surface area (Å²) in [5.74, 6) is -1.20. The number of carbonyl (C=O) groups excluding carboxylic acids is 2. The quantitative estimate of drug-likeness (QED) is 0.440. The van der Waals surface area contributed by atoms with Gasteiger partial charge in [0.25, 0.3) is 5.91 Å². The van der Waals surface area contributed by atoms with Crippen LogP contribution in [0.25, 0.3) is 0 Å². The summed E-state index contributed by atoms with van der Waals surface area (Å²) in [4.78, 5) is 31.8. The number of halogens is 3. The minimum atomic E-state index is -3.70. The molecule has 1 fully saturated rings. The van der Waals surface area contributed by atoms with Crippen molar-refractivity contribution < 1.29 is 22.4 Å². The summed E-state index contributed by atoms with van der Waals surface area (Å²) in [5.41, 5.74) is 2.03. The number of nitrogens with zero attached hydrogens (tertiary/aromatic N) is 4. The molecule has 1 aliphatic heterocycles. The summed E-state index contributed by atoms with van der Waals surface area (Å²) in [5, 5.41) is 3.32. The third kappa shape index (κ3) is 6.71. The van der Waals surface area contributed by atoms with E-state index in [-0.39, 0.29) is 42.9 Å². The fourth-order valence-corrected chi connectivity index (χ4v) is 5.63. The van der Waals surface area contributed by atoms with E-state index in [1.165, 1.54) is 35.2 Å². The zero-order chi connectivity index (χ0) is 27.4. The molecule has 0 spiro atoms. The zero-order valence-corrected chi connectivity index (χ0v) is 22.8. The van der Waals surface area contributed by atoms with Gasteiger partial charge in [0.05, 0.1) is 22.6 Å². The Balaban J connectivity index is 1.41. The van der Waals surface area contributed by atoms with E-state index in [9.17, 15) is 22.4 Å². The molecule has 1 atom stereocenters. The van der Waals surface area contributed by atoms with Gasteiger partial charge in [-0.1, -0.05) is 35.3 Å². The average Bonchev–Trinajstić information content (AvgIpc) is 3.32. The maximum absolute atomic E-state index is 13.2. The SMILES string of the molecule is CS(=O)(=O)N1CCN(C(=O)c2ccc(Cl)c(Cl)c2)CC1C(=O)NCCc1cncn1Cc1ccc(F)cc1. The second-order valence-electron chi connectivity index (χ2n) is 8.95. The van der Waals surface area contributed by atoms with Gasteiger partial charge in [-0.3, -0.25) is 9.59 Å². The molecular weight excluding hydrogens is 556 g/mol. The monoisotopic (exact) mass is 581 g/mol. The highest BCUT2D eigenvalue weighted by molar-refractivity contribution is 7.88. The van der Waals surface area contributed by atoms with Gasteiger partial charge in [-0.2, -0.15) is 4.31 Å². The van der Waals surface area contributed by atoms with Crippen LogP contribution in [0.15, 0.2) is 55.0 Å². The summed E-state index contributed by atoms with van der Waals surface area (Å²) >= 11 is 12.0. The van der Waals surface area contributed by atoms with E-state index >= 15 is 0 Å². The van der Waals surface area contributed by atoms with E-state index in [1.54, 1.807) is 24.7 Å². The van der Waals surface area contributed by atoms with E-state index in [2.05, 4.69) is 10.3 Å².